The summed E-state index contributed by atoms with van der Waals surface area (Å²) in [5.41, 5.74) is 0.111. The van der Waals surface area contributed by atoms with Crippen LogP contribution in [0.25, 0.3) is 0 Å². The van der Waals surface area contributed by atoms with Crippen LogP contribution in [0.2, 0.25) is 0 Å². The zero-order chi connectivity index (χ0) is 12.0. The largest absolute Gasteiger partial charge is 0.416 e. The Labute approximate surface area is 92.9 Å². The zero-order valence-corrected chi connectivity index (χ0v) is 8.93. The number of hydrogen-bond acceptors (Lipinski definition) is 1. The molecule has 0 saturated heterocycles. The molecule has 0 saturated carbocycles. The lowest BCUT2D eigenvalue weighted by molar-refractivity contribution is -0.137. The summed E-state index contributed by atoms with van der Waals surface area (Å²) in [6, 6.07) is 5.41. The van der Waals surface area contributed by atoms with Crippen LogP contribution in [-0.2, 0) is 12.6 Å². The Bertz CT molecular complexity index is 320. The van der Waals surface area contributed by atoms with Crippen LogP contribution in [0.4, 0.5) is 13.2 Å². The first-order chi connectivity index (χ1) is 7.54. The van der Waals surface area contributed by atoms with Gasteiger partial charge in [-0.3, -0.25) is 0 Å². The Morgan fingerprint density at radius 3 is 2.44 bits per heavy atom. The second-order valence-corrected chi connectivity index (χ2v) is 3.73. The van der Waals surface area contributed by atoms with Gasteiger partial charge in [-0.15, -0.1) is 0 Å². The van der Waals surface area contributed by atoms with E-state index in [9.17, 15) is 13.2 Å². The number of halogens is 3. The Balaban J connectivity index is 2.54. The highest BCUT2D eigenvalue weighted by atomic mass is 19.4. The third kappa shape index (κ3) is 4.23. The third-order valence-electron chi connectivity index (χ3n) is 2.38. The number of aliphatic hydroxyl groups is 1. The van der Waals surface area contributed by atoms with Gasteiger partial charge in [-0.1, -0.05) is 24.6 Å². The van der Waals surface area contributed by atoms with Gasteiger partial charge in [0.2, 0.25) is 0 Å². The van der Waals surface area contributed by atoms with Crippen LogP contribution in [0.15, 0.2) is 24.3 Å². The number of alkyl halides is 3. The number of unbranched alkanes of at least 4 members (excludes halogenated alkanes) is 2. The van der Waals surface area contributed by atoms with Gasteiger partial charge in [0.05, 0.1) is 5.56 Å². The number of rotatable bonds is 5. The fourth-order valence-electron chi connectivity index (χ4n) is 1.52. The molecule has 0 aliphatic rings. The first-order valence-corrected chi connectivity index (χ1v) is 5.31. The quantitative estimate of drug-likeness (QED) is 0.771. The zero-order valence-electron chi connectivity index (χ0n) is 8.93. The van der Waals surface area contributed by atoms with Crippen LogP contribution in [-0.4, -0.2) is 11.7 Å². The molecule has 16 heavy (non-hydrogen) atoms. The van der Waals surface area contributed by atoms with Crippen molar-refractivity contribution in [1.29, 1.82) is 0 Å². The summed E-state index contributed by atoms with van der Waals surface area (Å²) in [4.78, 5) is 0. The van der Waals surface area contributed by atoms with Gasteiger partial charge in [0.25, 0.3) is 0 Å². The van der Waals surface area contributed by atoms with Gasteiger partial charge in [-0.05, 0) is 30.9 Å². The molecule has 0 radical (unpaired) electrons. The van der Waals surface area contributed by atoms with Crippen molar-refractivity contribution in [2.75, 3.05) is 6.61 Å². The molecule has 1 aromatic rings. The molecule has 0 aromatic heterocycles. The average Bonchev–Trinajstić information content (AvgIpc) is 2.24. The van der Waals surface area contributed by atoms with Gasteiger partial charge in [-0.2, -0.15) is 13.2 Å². The van der Waals surface area contributed by atoms with Crippen molar-refractivity contribution in [3.63, 3.8) is 0 Å². The van der Waals surface area contributed by atoms with E-state index in [2.05, 4.69) is 0 Å². The molecule has 1 N–H and O–H groups in total. The molecule has 0 atom stereocenters. The van der Waals surface area contributed by atoms with E-state index in [1.54, 1.807) is 6.07 Å². The van der Waals surface area contributed by atoms with Crippen LogP contribution < -0.4 is 0 Å². The topological polar surface area (TPSA) is 20.2 Å². The van der Waals surface area contributed by atoms with E-state index in [4.69, 9.17) is 5.11 Å². The molecule has 1 rings (SSSR count). The van der Waals surface area contributed by atoms with E-state index in [1.165, 1.54) is 12.1 Å². The second kappa shape index (κ2) is 5.89. The van der Waals surface area contributed by atoms with Crippen LogP contribution in [0.5, 0.6) is 0 Å². The number of aliphatic hydroxyl groups excluding tert-OH is 1. The molecule has 0 unspecified atom stereocenters. The predicted octanol–water partition coefficient (Wildman–Crippen LogP) is 3.41. The van der Waals surface area contributed by atoms with Gasteiger partial charge < -0.3 is 5.11 Å². The van der Waals surface area contributed by atoms with Gasteiger partial charge in [-0.25, -0.2) is 0 Å². The fourth-order valence-corrected chi connectivity index (χ4v) is 1.52. The molecule has 0 amide bonds. The van der Waals surface area contributed by atoms with E-state index in [0.29, 0.717) is 18.4 Å². The second-order valence-electron chi connectivity index (χ2n) is 3.73. The molecular formula is C12H15F3O. The highest BCUT2D eigenvalue weighted by Crippen LogP contribution is 2.29. The van der Waals surface area contributed by atoms with E-state index < -0.39 is 11.7 Å². The number of aryl methyl sites for hydroxylation is 1. The number of hydrogen-bond donors (Lipinski definition) is 1. The highest BCUT2D eigenvalue weighted by Gasteiger charge is 2.30. The lowest BCUT2D eigenvalue weighted by Crippen LogP contribution is -2.05. The van der Waals surface area contributed by atoms with Crippen LogP contribution in [0.1, 0.15) is 30.4 Å². The summed E-state index contributed by atoms with van der Waals surface area (Å²) < 4.78 is 37.1. The standard InChI is InChI=1S/C12H15F3O/c13-12(14,15)11-7-4-6-10(9-11)5-2-1-3-8-16/h4,6-7,9,16H,1-3,5,8H2. The maximum absolute atomic E-state index is 12.4. The maximum atomic E-state index is 12.4. The first-order valence-electron chi connectivity index (χ1n) is 5.31. The monoisotopic (exact) mass is 232 g/mol. The molecule has 0 bridgehead atoms. The van der Waals surface area contributed by atoms with Crippen LogP contribution in [0, 0.1) is 0 Å². The van der Waals surface area contributed by atoms with Crippen molar-refractivity contribution in [2.24, 2.45) is 0 Å². The molecule has 90 valence electrons. The number of benzene rings is 1. The SMILES string of the molecule is OCCCCCc1cccc(C(F)(F)F)c1. The average molecular weight is 232 g/mol. The van der Waals surface area contributed by atoms with Crippen LogP contribution >= 0.6 is 0 Å². The van der Waals surface area contributed by atoms with Crippen molar-refractivity contribution < 1.29 is 18.3 Å². The molecule has 1 aromatic carbocycles. The van der Waals surface area contributed by atoms with E-state index in [-0.39, 0.29) is 6.61 Å². The lowest BCUT2D eigenvalue weighted by Gasteiger charge is -2.08. The molecule has 0 fully saturated rings. The maximum Gasteiger partial charge on any atom is 0.416 e. The Morgan fingerprint density at radius 1 is 1.06 bits per heavy atom. The summed E-state index contributed by atoms with van der Waals surface area (Å²) in [6.45, 7) is 0.141. The van der Waals surface area contributed by atoms with E-state index in [0.717, 1.165) is 18.9 Å². The summed E-state index contributed by atoms with van der Waals surface area (Å²) in [6.07, 6.45) is -1.28. The predicted molar refractivity (Wildman–Crippen MR) is 56.1 cm³/mol. The molecule has 0 heterocycles. The molecule has 4 heteroatoms. The van der Waals surface area contributed by atoms with Crippen molar-refractivity contribution in [1.82, 2.24) is 0 Å². The fraction of sp³-hybridized carbons (Fsp3) is 0.500. The Morgan fingerprint density at radius 2 is 1.81 bits per heavy atom. The summed E-state index contributed by atoms with van der Waals surface area (Å²) in [7, 11) is 0. The molecule has 0 aliphatic heterocycles. The molecule has 0 aliphatic carbocycles. The van der Waals surface area contributed by atoms with Crippen molar-refractivity contribution in [3.05, 3.63) is 35.4 Å². The van der Waals surface area contributed by atoms with Crippen molar-refractivity contribution >= 4 is 0 Å². The third-order valence-corrected chi connectivity index (χ3v) is 2.38. The van der Waals surface area contributed by atoms with Crippen molar-refractivity contribution in [2.45, 2.75) is 31.9 Å². The summed E-state index contributed by atoms with van der Waals surface area (Å²) >= 11 is 0. The van der Waals surface area contributed by atoms with Gasteiger partial charge in [0, 0.05) is 6.61 Å². The van der Waals surface area contributed by atoms with Gasteiger partial charge in [0.1, 0.15) is 0 Å². The van der Waals surface area contributed by atoms with Gasteiger partial charge in [0.15, 0.2) is 0 Å². The van der Waals surface area contributed by atoms with E-state index >= 15 is 0 Å². The molecule has 0 spiro atoms. The summed E-state index contributed by atoms with van der Waals surface area (Å²) in [5, 5.41) is 8.57. The van der Waals surface area contributed by atoms with Crippen LogP contribution in [0.3, 0.4) is 0 Å². The first kappa shape index (κ1) is 13.0. The lowest BCUT2D eigenvalue weighted by atomic mass is 10.0. The Hall–Kier alpha value is -1.03. The normalized spacial score (nSPS) is 11.8. The minimum Gasteiger partial charge on any atom is -0.396 e. The van der Waals surface area contributed by atoms with Crippen molar-refractivity contribution in [3.8, 4) is 0 Å². The smallest absolute Gasteiger partial charge is 0.396 e. The minimum absolute atomic E-state index is 0.141. The summed E-state index contributed by atoms with van der Waals surface area (Å²) in [5.74, 6) is 0. The van der Waals surface area contributed by atoms with E-state index in [1.807, 2.05) is 0 Å². The highest BCUT2D eigenvalue weighted by molar-refractivity contribution is 5.25. The molecule has 1 nitrogen and oxygen atoms in total. The van der Waals surface area contributed by atoms with Gasteiger partial charge >= 0.3 is 6.18 Å². The molecular weight excluding hydrogens is 217 g/mol. The minimum atomic E-state index is -4.26. The Kier molecular flexibility index (Phi) is 4.80.